The third-order valence-corrected chi connectivity index (χ3v) is 8.90. The molecule has 0 aromatic heterocycles. The number of cyclic esters (lactones) is 1. The summed E-state index contributed by atoms with van der Waals surface area (Å²) in [6.07, 6.45) is -4.98. The number of aliphatic hydroxyl groups excluding tert-OH is 3. The second kappa shape index (κ2) is 14.4. The zero-order valence-electron chi connectivity index (χ0n) is 26.1. The molecule has 0 radical (unpaired) electrons. The Bertz CT molecular complexity index is 834. The first-order valence-electron chi connectivity index (χ1n) is 14.8. The van der Waals surface area contributed by atoms with E-state index in [1.54, 1.807) is 41.5 Å². The SMILES string of the molecule is CC(O)C1OC(=O)[C@H](C)C(OC2CC(CN(C)C)C(O)C(C)O2)[C@H](C)C[C@](C)(O)C[C@@H](C)C(=O)[C@H](C)[C@@H](O)[C@H]1C. The average molecular weight is 574 g/mol. The summed E-state index contributed by atoms with van der Waals surface area (Å²) in [5, 5.41) is 43.6. The van der Waals surface area contributed by atoms with E-state index >= 15 is 0 Å². The third kappa shape index (κ3) is 8.93. The number of esters is 1. The minimum Gasteiger partial charge on any atom is -0.459 e. The maximum absolute atomic E-state index is 13.5. The lowest BCUT2D eigenvalue weighted by Gasteiger charge is -2.42. The van der Waals surface area contributed by atoms with Gasteiger partial charge in [-0.05, 0) is 60.5 Å². The van der Waals surface area contributed by atoms with E-state index in [0.29, 0.717) is 13.0 Å². The van der Waals surface area contributed by atoms with Crippen molar-refractivity contribution in [2.75, 3.05) is 20.6 Å². The summed E-state index contributed by atoms with van der Waals surface area (Å²) in [6, 6.07) is 0. The Balaban J connectivity index is 2.44. The Kier molecular flexibility index (Phi) is 12.6. The van der Waals surface area contributed by atoms with Crippen molar-refractivity contribution in [3.8, 4) is 0 Å². The normalized spacial score (nSPS) is 45.6. The minimum absolute atomic E-state index is 0.0984. The van der Waals surface area contributed by atoms with Crippen LogP contribution in [0.1, 0.15) is 74.7 Å². The lowest BCUT2D eigenvalue weighted by molar-refractivity contribution is -0.264. The molecule has 0 aromatic rings. The Labute approximate surface area is 240 Å². The maximum atomic E-state index is 13.5. The lowest BCUT2D eigenvalue weighted by Crippen LogP contribution is -2.51. The molecule has 2 aliphatic heterocycles. The highest BCUT2D eigenvalue weighted by molar-refractivity contribution is 5.83. The molecule has 2 rings (SSSR count). The molecule has 0 bridgehead atoms. The van der Waals surface area contributed by atoms with E-state index in [2.05, 4.69) is 0 Å². The van der Waals surface area contributed by atoms with Gasteiger partial charge in [0.05, 0.1) is 42.0 Å². The summed E-state index contributed by atoms with van der Waals surface area (Å²) in [7, 11) is 3.87. The number of carbonyl (C=O) groups excluding carboxylic acids is 2. The van der Waals surface area contributed by atoms with Crippen LogP contribution in [0.3, 0.4) is 0 Å². The standard InChI is InChI=1S/C30H55NO9/c1-15-12-30(8,37)13-16(2)27(39-23-11-22(14-31(9)10)26(35)21(7)38-23)19(5)29(36)40-28(20(6)32)18(4)25(34)17(3)24(15)33/h15-23,25-28,32,34-35,37H,11-14H2,1-10H3/t15-,16-,17+,18-,19-,20?,21?,22?,23?,25-,26?,27?,28?,30-/m1/s1. The van der Waals surface area contributed by atoms with Crippen molar-refractivity contribution >= 4 is 11.8 Å². The molecule has 40 heavy (non-hydrogen) atoms. The molecule has 0 aliphatic carbocycles. The van der Waals surface area contributed by atoms with Crippen LogP contribution in [0.2, 0.25) is 0 Å². The number of nitrogens with zero attached hydrogens (tertiary/aromatic N) is 1. The van der Waals surface area contributed by atoms with Gasteiger partial charge in [-0.1, -0.05) is 27.7 Å². The highest BCUT2D eigenvalue weighted by Gasteiger charge is 2.44. The molecule has 0 saturated carbocycles. The van der Waals surface area contributed by atoms with Gasteiger partial charge < -0.3 is 39.5 Å². The summed E-state index contributed by atoms with van der Waals surface area (Å²) >= 11 is 0. The number of ketones is 1. The van der Waals surface area contributed by atoms with Gasteiger partial charge in [-0.3, -0.25) is 9.59 Å². The molecule has 2 aliphatic rings. The van der Waals surface area contributed by atoms with Crippen LogP contribution in [-0.2, 0) is 23.8 Å². The molecular formula is C30H55NO9. The smallest absolute Gasteiger partial charge is 0.311 e. The first-order valence-corrected chi connectivity index (χ1v) is 14.8. The number of aliphatic hydroxyl groups is 4. The van der Waals surface area contributed by atoms with E-state index in [4.69, 9.17) is 14.2 Å². The van der Waals surface area contributed by atoms with Gasteiger partial charge in [-0.2, -0.15) is 0 Å². The van der Waals surface area contributed by atoms with E-state index in [1.807, 2.05) is 25.9 Å². The predicted molar refractivity (Wildman–Crippen MR) is 150 cm³/mol. The molecule has 2 fully saturated rings. The summed E-state index contributed by atoms with van der Waals surface area (Å²) < 4.78 is 18.3. The van der Waals surface area contributed by atoms with Gasteiger partial charge in [0.15, 0.2) is 6.29 Å². The van der Waals surface area contributed by atoms with Gasteiger partial charge in [0.2, 0.25) is 0 Å². The molecule has 10 nitrogen and oxygen atoms in total. The van der Waals surface area contributed by atoms with Gasteiger partial charge in [-0.25, -0.2) is 0 Å². The third-order valence-electron chi connectivity index (χ3n) is 8.90. The molecule has 2 saturated heterocycles. The monoisotopic (exact) mass is 573 g/mol. The molecule has 0 aromatic carbocycles. The van der Waals surface area contributed by atoms with Gasteiger partial charge in [0.25, 0.3) is 0 Å². The van der Waals surface area contributed by atoms with Crippen molar-refractivity contribution in [1.82, 2.24) is 4.90 Å². The highest BCUT2D eigenvalue weighted by atomic mass is 16.7. The fourth-order valence-electron chi connectivity index (χ4n) is 6.75. The number of hydrogen-bond acceptors (Lipinski definition) is 10. The number of ether oxygens (including phenoxy) is 3. The van der Waals surface area contributed by atoms with Crippen LogP contribution in [0.25, 0.3) is 0 Å². The molecule has 4 N–H and O–H groups in total. The van der Waals surface area contributed by atoms with E-state index in [-0.39, 0.29) is 30.5 Å². The average Bonchev–Trinajstić information content (AvgIpc) is 2.84. The molecule has 14 atom stereocenters. The van der Waals surface area contributed by atoms with Gasteiger partial charge >= 0.3 is 5.97 Å². The first kappa shape index (κ1) is 35.1. The Morgan fingerprint density at radius 2 is 1.62 bits per heavy atom. The molecular weight excluding hydrogens is 518 g/mol. The lowest BCUT2D eigenvalue weighted by atomic mass is 9.76. The van der Waals surface area contributed by atoms with Gasteiger partial charge in [-0.15, -0.1) is 0 Å². The predicted octanol–water partition coefficient (Wildman–Crippen LogP) is 1.99. The molecule has 0 amide bonds. The van der Waals surface area contributed by atoms with Crippen molar-refractivity contribution in [3.05, 3.63) is 0 Å². The fourth-order valence-corrected chi connectivity index (χ4v) is 6.75. The Morgan fingerprint density at radius 3 is 2.17 bits per heavy atom. The van der Waals surface area contributed by atoms with Crippen molar-refractivity contribution in [3.63, 3.8) is 0 Å². The van der Waals surface area contributed by atoms with Crippen LogP contribution >= 0.6 is 0 Å². The van der Waals surface area contributed by atoms with Gasteiger partial charge in [0.1, 0.15) is 11.9 Å². The number of rotatable bonds is 5. The molecule has 10 heteroatoms. The van der Waals surface area contributed by atoms with Crippen molar-refractivity contribution < 1.29 is 44.2 Å². The topological polar surface area (TPSA) is 146 Å². The zero-order valence-corrected chi connectivity index (χ0v) is 26.1. The Morgan fingerprint density at radius 1 is 1.02 bits per heavy atom. The van der Waals surface area contributed by atoms with Crippen LogP contribution in [0.5, 0.6) is 0 Å². The van der Waals surface area contributed by atoms with E-state index in [1.165, 1.54) is 6.92 Å². The van der Waals surface area contributed by atoms with Crippen LogP contribution in [-0.4, -0.2) is 106 Å². The highest BCUT2D eigenvalue weighted by Crippen LogP contribution is 2.36. The van der Waals surface area contributed by atoms with Gasteiger partial charge in [0, 0.05) is 36.6 Å². The number of carbonyl (C=O) groups is 2. The van der Waals surface area contributed by atoms with Crippen molar-refractivity contribution in [1.29, 1.82) is 0 Å². The molecule has 7 unspecified atom stereocenters. The minimum atomic E-state index is -1.24. The summed E-state index contributed by atoms with van der Waals surface area (Å²) in [5.74, 6) is -4.07. The van der Waals surface area contributed by atoms with E-state index in [0.717, 1.165) is 0 Å². The number of Topliss-reactive ketones (excluding diaryl/α,β-unsaturated/α-hetero) is 1. The second-order valence-electron chi connectivity index (χ2n) is 13.4. The fraction of sp³-hybridized carbons (Fsp3) is 0.933. The molecule has 234 valence electrons. The Hall–Kier alpha value is -1.14. The summed E-state index contributed by atoms with van der Waals surface area (Å²) in [5.41, 5.74) is -1.24. The van der Waals surface area contributed by atoms with Crippen molar-refractivity contribution in [2.24, 2.45) is 35.5 Å². The number of hydrogen-bond donors (Lipinski definition) is 4. The maximum Gasteiger partial charge on any atom is 0.311 e. The van der Waals surface area contributed by atoms with E-state index in [9.17, 15) is 30.0 Å². The van der Waals surface area contributed by atoms with Crippen LogP contribution in [0, 0.1) is 35.5 Å². The largest absolute Gasteiger partial charge is 0.459 e. The molecule has 0 spiro atoms. The van der Waals surface area contributed by atoms with Crippen LogP contribution in [0.4, 0.5) is 0 Å². The summed E-state index contributed by atoms with van der Waals surface area (Å²) in [4.78, 5) is 28.7. The van der Waals surface area contributed by atoms with Crippen LogP contribution in [0.15, 0.2) is 0 Å². The zero-order chi connectivity index (χ0) is 30.7. The van der Waals surface area contributed by atoms with Crippen molar-refractivity contribution in [2.45, 2.75) is 123 Å². The molecule has 2 heterocycles. The van der Waals surface area contributed by atoms with E-state index < -0.39 is 78.2 Å². The quantitative estimate of drug-likeness (QED) is 0.360. The second-order valence-corrected chi connectivity index (χ2v) is 13.4. The summed E-state index contributed by atoms with van der Waals surface area (Å²) in [6.45, 7) is 14.2. The first-order chi connectivity index (χ1) is 18.4. The van der Waals surface area contributed by atoms with Crippen LogP contribution < -0.4 is 0 Å².